The lowest BCUT2D eigenvalue weighted by Gasteiger charge is -2.26. The Morgan fingerprint density at radius 2 is 2.15 bits per heavy atom. The number of carbonyl (C=O) groups excluding carboxylic acids is 2. The van der Waals surface area contributed by atoms with Gasteiger partial charge in [-0.1, -0.05) is 0 Å². The van der Waals surface area contributed by atoms with Crippen LogP contribution in [-0.4, -0.2) is 82.8 Å². The quantitative estimate of drug-likeness (QED) is 0.566. The van der Waals surface area contributed by atoms with Gasteiger partial charge in [0.2, 0.25) is 11.8 Å². The molecule has 7 heteroatoms. The van der Waals surface area contributed by atoms with Gasteiger partial charge in [-0.05, 0) is 13.5 Å². The van der Waals surface area contributed by atoms with Gasteiger partial charge in [-0.15, -0.1) is 0 Å². The summed E-state index contributed by atoms with van der Waals surface area (Å²) in [5.41, 5.74) is -0.900. The van der Waals surface area contributed by atoms with Crippen molar-refractivity contribution in [2.24, 2.45) is 0 Å². The van der Waals surface area contributed by atoms with Crippen LogP contribution in [0.3, 0.4) is 0 Å². The van der Waals surface area contributed by atoms with E-state index in [2.05, 4.69) is 5.32 Å². The number of likely N-dealkylation sites (tertiary alicyclic amines) is 2. The molecule has 3 N–H and O–H groups in total. The van der Waals surface area contributed by atoms with Crippen LogP contribution in [0.2, 0.25) is 0 Å². The SMILES string of the molecule is CC(=O)N1C[C@H](O)C[C@H]1C(=O)NCC1(O)CCN(C)C1. The first-order valence-electron chi connectivity index (χ1n) is 6.95. The topological polar surface area (TPSA) is 93.1 Å². The standard InChI is InChI=1S/C13H23N3O4/c1-9(17)16-6-10(18)5-11(16)12(19)14-7-13(20)3-4-15(2)8-13/h10-11,18,20H,3-8H2,1-2H3,(H,14,19)/t10-,11+,13?/m1/s1. The molecule has 2 heterocycles. The third-order valence-electron chi connectivity index (χ3n) is 4.10. The van der Waals surface area contributed by atoms with E-state index in [0.717, 1.165) is 6.54 Å². The molecule has 0 aromatic heterocycles. The molecule has 2 rings (SSSR count). The van der Waals surface area contributed by atoms with E-state index in [-0.39, 0.29) is 31.3 Å². The van der Waals surface area contributed by atoms with Crippen LogP contribution in [0.1, 0.15) is 19.8 Å². The molecule has 0 spiro atoms. The second-order valence-electron chi connectivity index (χ2n) is 6.01. The van der Waals surface area contributed by atoms with Crippen LogP contribution < -0.4 is 5.32 Å². The van der Waals surface area contributed by atoms with Gasteiger partial charge in [-0.3, -0.25) is 9.59 Å². The van der Waals surface area contributed by atoms with Gasteiger partial charge in [-0.2, -0.15) is 0 Å². The summed E-state index contributed by atoms with van der Waals surface area (Å²) in [6.07, 6.45) is 0.215. The Morgan fingerprint density at radius 1 is 1.45 bits per heavy atom. The monoisotopic (exact) mass is 285 g/mol. The first-order valence-corrected chi connectivity index (χ1v) is 6.95. The second-order valence-corrected chi connectivity index (χ2v) is 6.01. The summed E-state index contributed by atoms with van der Waals surface area (Å²) in [5, 5.41) is 22.6. The van der Waals surface area contributed by atoms with Gasteiger partial charge in [0.1, 0.15) is 6.04 Å². The van der Waals surface area contributed by atoms with Crippen LogP contribution in [0, 0.1) is 0 Å². The largest absolute Gasteiger partial charge is 0.391 e. The third-order valence-corrected chi connectivity index (χ3v) is 4.10. The highest BCUT2D eigenvalue weighted by Crippen LogP contribution is 2.21. The Labute approximate surface area is 118 Å². The van der Waals surface area contributed by atoms with E-state index < -0.39 is 17.7 Å². The van der Waals surface area contributed by atoms with Gasteiger partial charge in [0, 0.05) is 39.5 Å². The average Bonchev–Trinajstić information content (AvgIpc) is 2.91. The van der Waals surface area contributed by atoms with E-state index in [9.17, 15) is 19.8 Å². The van der Waals surface area contributed by atoms with E-state index in [1.54, 1.807) is 0 Å². The molecule has 1 unspecified atom stereocenters. The number of amides is 2. The molecule has 7 nitrogen and oxygen atoms in total. The molecule has 0 aromatic carbocycles. The van der Waals surface area contributed by atoms with Crippen LogP contribution in [0.5, 0.6) is 0 Å². The Kier molecular flexibility index (Phi) is 4.31. The molecule has 2 fully saturated rings. The lowest BCUT2D eigenvalue weighted by molar-refractivity contribution is -0.137. The Balaban J connectivity index is 1.90. The number of nitrogens with zero attached hydrogens (tertiary/aromatic N) is 2. The van der Waals surface area contributed by atoms with E-state index >= 15 is 0 Å². The lowest BCUT2D eigenvalue weighted by atomic mass is 10.0. The van der Waals surface area contributed by atoms with Crippen LogP contribution in [0.25, 0.3) is 0 Å². The van der Waals surface area contributed by atoms with Crippen molar-refractivity contribution < 1.29 is 19.8 Å². The number of aliphatic hydroxyl groups excluding tert-OH is 1. The molecule has 3 atom stereocenters. The predicted molar refractivity (Wildman–Crippen MR) is 71.9 cm³/mol. The summed E-state index contributed by atoms with van der Waals surface area (Å²) < 4.78 is 0. The minimum atomic E-state index is -0.900. The minimum Gasteiger partial charge on any atom is -0.391 e. The van der Waals surface area contributed by atoms with Crippen molar-refractivity contribution in [1.82, 2.24) is 15.1 Å². The summed E-state index contributed by atoms with van der Waals surface area (Å²) >= 11 is 0. The number of nitrogens with one attached hydrogen (secondary N) is 1. The summed E-state index contributed by atoms with van der Waals surface area (Å²) in [6, 6.07) is -0.634. The van der Waals surface area contributed by atoms with Gasteiger partial charge in [-0.25, -0.2) is 0 Å². The molecular formula is C13H23N3O4. The molecule has 2 amide bonds. The first-order chi connectivity index (χ1) is 9.31. The van der Waals surface area contributed by atoms with Gasteiger partial charge in [0.05, 0.1) is 11.7 Å². The van der Waals surface area contributed by atoms with Crippen molar-refractivity contribution in [3.05, 3.63) is 0 Å². The van der Waals surface area contributed by atoms with Crippen molar-refractivity contribution >= 4 is 11.8 Å². The number of hydrogen-bond acceptors (Lipinski definition) is 5. The predicted octanol–water partition coefficient (Wildman–Crippen LogP) is -1.85. The van der Waals surface area contributed by atoms with E-state index in [0.29, 0.717) is 13.0 Å². The fourth-order valence-corrected chi connectivity index (χ4v) is 2.98. The number of likely N-dealkylation sites (N-methyl/N-ethyl adjacent to an activating group) is 1. The minimum absolute atomic E-state index is 0.175. The van der Waals surface area contributed by atoms with Gasteiger partial charge in [0.25, 0.3) is 0 Å². The average molecular weight is 285 g/mol. The summed E-state index contributed by atoms with van der Waals surface area (Å²) in [7, 11) is 1.92. The zero-order valence-corrected chi connectivity index (χ0v) is 12.0. The number of hydrogen-bond donors (Lipinski definition) is 3. The molecule has 2 aliphatic heterocycles. The zero-order valence-electron chi connectivity index (χ0n) is 12.0. The Morgan fingerprint density at radius 3 is 2.70 bits per heavy atom. The van der Waals surface area contributed by atoms with Crippen molar-refractivity contribution in [2.45, 2.75) is 37.5 Å². The second kappa shape index (κ2) is 5.67. The van der Waals surface area contributed by atoms with Crippen LogP contribution in [-0.2, 0) is 9.59 Å². The number of aliphatic hydroxyl groups is 2. The molecule has 0 saturated carbocycles. The van der Waals surface area contributed by atoms with Gasteiger partial charge in [0.15, 0.2) is 0 Å². The molecular weight excluding hydrogens is 262 g/mol. The zero-order chi connectivity index (χ0) is 14.9. The molecule has 114 valence electrons. The van der Waals surface area contributed by atoms with Crippen molar-refractivity contribution in [3.8, 4) is 0 Å². The molecule has 0 bridgehead atoms. The fraction of sp³-hybridized carbons (Fsp3) is 0.846. The number of carbonyl (C=O) groups is 2. The first kappa shape index (κ1) is 15.2. The molecule has 2 aliphatic rings. The molecule has 0 aromatic rings. The summed E-state index contributed by atoms with van der Waals surface area (Å²) in [5.74, 6) is -0.527. The lowest BCUT2D eigenvalue weighted by Crippen LogP contribution is -2.50. The molecule has 0 aliphatic carbocycles. The van der Waals surface area contributed by atoms with Crippen molar-refractivity contribution in [1.29, 1.82) is 0 Å². The van der Waals surface area contributed by atoms with E-state index in [4.69, 9.17) is 0 Å². The molecule has 0 radical (unpaired) electrons. The van der Waals surface area contributed by atoms with Crippen LogP contribution in [0.4, 0.5) is 0 Å². The highest BCUT2D eigenvalue weighted by Gasteiger charge is 2.39. The Bertz CT molecular complexity index is 403. The Hall–Kier alpha value is -1.18. The van der Waals surface area contributed by atoms with Crippen LogP contribution in [0.15, 0.2) is 0 Å². The highest BCUT2D eigenvalue weighted by atomic mass is 16.3. The maximum absolute atomic E-state index is 12.1. The van der Waals surface area contributed by atoms with E-state index in [1.165, 1.54) is 11.8 Å². The molecule has 20 heavy (non-hydrogen) atoms. The maximum atomic E-state index is 12.1. The normalized spacial score (nSPS) is 34.5. The van der Waals surface area contributed by atoms with Crippen molar-refractivity contribution in [3.63, 3.8) is 0 Å². The number of rotatable bonds is 3. The third kappa shape index (κ3) is 3.28. The summed E-state index contributed by atoms with van der Waals surface area (Å²) in [6.45, 7) is 3.08. The highest BCUT2D eigenvalue weighted by molar-refractivity contribution is 5.87. The number of β-amino-alcohol motifs (C(OH)–C–C–N with tert-alkyl or cyclic N) is 2. The summed E-state index contributed by atoms with van der Waals surface area (Å²) in [4.78, 5) is 27.0. The van der Waals surface area contributed by atoms with Crippen molar-refractivity contribution in [2.75, 3.05) is 33.2 Å². The molecule has 2 saturated heterocycles. The van der Waals surface area contributed by atoms with E-state index in [1.807, 2.05) is 11.9 Å². The van der Waals surface area contributed by atoms with Crippen LogP contribution >= 0.6 is 0 Å². The maximum Gasteiger partial charge on any atom is 0.243 e. The smallest absolute Gasteiger partial charge is 0.243 e. The fourth-order valence-electron chi connectivity index (χ4n) is 2.98. The van der Waals surface area contributed by atoms with Gasteiger partial charge < -0.3 is 25.3 Å². The van der Waals surface area contributed by atoms with Gasteiger partial charge >= 0.3 is 0 Å².